The van der Waals surface area contributed by atoms with Gasteiger partial charge in [-0.05, 0) is 66.9 Å². The van der Waals surface area contributed by atoms with Crippen LogP contribution in [0.1, 0.15) is 90.5 Å². The highest BCUT2D eigenvalue weighted by atomic mass is 16.6. The standard InChI is InChI=1S/C27H45N3O5/c1-10-12-19(5)28-24(32)23(21-14-17(3)13-18(4)15-21)30(20(6)11-2)25(33)22(16-31)29-26(34)35-27(7,8)9/h13-15,19-20,22-23,31H,10-12,16H2,1-9H3,(H,28,32)(H,29,34). The van der Waals surface area contributed by atoms with E-state index in [9.17, 15) is 19.5 Å². The number of aliphatic hydroxyl groups is 1. The van der Waals surface area contributed by atoms with Gasteiger partial charge in [0.2, 0.25) is 11.8 Å². The summed E-state index contributed by atoms with van der Waals surface area (Å²) in [6.45, 7) is 16.2. The predicted octanol–water partition coefficient (Wildman–Crippen LogP) is 4.16. The average Bonchev–Trinajstić information content (AvgIpc) is 2.72. The van der Waals surface area contributed by atoms with Crippen molar-refractivity contribution in [3.8, 4) is 0 Å². The number of aryl methyl sites for hydroxylation is 2. The molecule has 0 bridgehead atoms. The van der Waals surface area contributed by atoms with Gasteiger partial charge in [0.05, 0.1) is 6.61 Å². The Balaban J connectivity index is 3.50. The summed E-state index contributed by atoms with van der Waals surface area (Å²) in [7, 11) is 0. The van der Waals surface area contributed by atoms with Gasteiger partial charge in [0.15, 0.2) is 0 Å². The number of hydrogen-bond acceptors (Lipinski definition) is 5. The van der Waals surface area contributed by atoms with Crippen LogP contribution in [0.3, 0.4) is 0 Å². The van der Waals surface area contributed by atoms with Gasteiger partial charge in [0.25, 0.3) is 0 Å². The van der Waals surface area contributed by atoms with Crippen LogP contribution in [-0.2, 0) is 14.3 Å². The van der Waals surface area contributed by atoms with Crippen molar-refractivity contribution < 1.29 is 24.2 Å². The molecule has 8 heteroatoms. The summed E-state index contributed by atoms with van der Waals surface area (Å²) in [4.78, 5) is 41.3. The number of ether oxygens (including phenoxy) is 1. The zero-order valence-electron chi connectivity index (χ0n) is 22.9. The highest BCUT2D eigenvalue weighted by molar-refractivity contribution is 5.92. The van der Waals surface area contributed by atoms with E-state index in [1.54, 1.807) is 20.8 Å². The number of rotatable bonds is 11. The molecule has 3 N–H and O–H groups in total. The average molecular weight is 492 g/mol. The molecular weight excluding hydrogens is 446 g/mol. The predicted molar refractivity (Wildman–Crippen MR) is 138 cm³/mol. The van der Waals surface area contributed by atoms with Crippen molar-refractivity contribution in [1.29, 1.82) is 0 Å². The van der Waals surface area contributed by atoms with Gasteiger partial charge in [0, 0.05) is 12.1 Å². The third kappa shape index (κ3) is 9.51. The SMILES string of the molecule is CCCC(C)NC(=O)C(c1cc(C)cc(C)c1)N(C(=O)C(CO)NC(=O)OC(C)(C)C)C(C)CC. The second kappa shape index (κ2) is 13.5. The van der Waals surface area contributed by atoms with E-state index in [0.717, 1.165) is 24.0 Å². The summed E-state index contributed by atoms with van der Waals surface area (Å²) in [6, 6.07) is 3.23. The number of nitrogens with zero attached hydrogens (tertiary/aromatic N) is 1. The lowest BCUT2D eigenvalue weighted by Crippen LogP contribution is -2.57. The number of nitrogens with one attached hydrogen (secondary N) is 2. The monoisotopic (exact) mass is 491 g/mol. The molecule has 0 aliphatic heterocycles. The lowest BCUT2D eigenvalue weighted by molar-refractivity contribution is -0.146. The van der Waals surface area contributed by atoms with Crippen molar-refractivity contribution in [3.05, 3.63) is 34.9 Å². The van der Waals surface area contributed by atoms with Gasteiger partial charge in [0.1, 0.15) is 17.7 Å². The maximum Gasteiger partial charge on any atom is 0.408 e. The second-order valence-corrected chi connectivity index (χ2v) is 10.4. The number of benzene rings is 1. The first-order valence-corrected chi connectivity index (χ1v) is 12.5. The van der Waals surface area contributed by atoms with Gasteiger partial charge >= 0.3 is 6.09 Å². The van der Waals surface area contributed by atoms with E-state index in [1.807, 2.05) is 59.7 Å². The van der Waals surface area contributed by atoms with Gasteiger partial charge < -0.3 is 25.4 Å². The normalized spacial score (nSPS) is 14.9. The van der Waals surface area contributed by atoms with E-state index in [4.69, 9.17) is 4.74 Å². The van der Waals surface area contributed by atoms with Crippen LogP contribution in [0.15, 0.2) is 18.2 Å². The fourth-order valence-corrected chi connectivity index (χ4v) is 4.04. The molecule has 0 heterocycles. The molecular formula is C27H45N3O5. The van der Waals surface area contributed by atoms with Gasteiger partial charge in [-0.25, -0.2) is 4.79 Å². The zero-order valence-corrected chi connectivity index (χ0v) is 22.9. The molecule has 1 aromatic rings. The molecule has 35 heavy (non-hydrogen) atoms. The van der Waals surface area contributed by atoms with Crippen LogP contribution in [0.2, 0.25) is 0 Å². The number of carbonyl (C=O) groups is 3. The van der Waals surface area contributed by atoms with E-state index in [-0.39, 0.29) is 18.0 Å². The number of alkyl carbamates (subject to hydrolysis) is 1. The minimum absolute atomic E-state index is 0.0664. The third-order valence-electron chi connectivity index (χ3n) is 5.69. The molecule has 4 atom stereocenters. The molecule has 0 saturated carbocycles. The Morgan fingerprint density at radius 2 is 1.60 bits per heavy atom. The van der Waals surface area contributed by atoms with E-state index in [0.29, 0.717) is 12.0 Å². The molecule has 1 aromatic carbocycles. The topological polar surface area (TPSA) is 108 Å². The fraction of sp³-hybridized carbons (Fsp3) is 0.667. The molecule has 0 radical (unpaired) electrons. The molecule has 0 saturated heterocycles. The van der Waals surface area contributed by atoms with Crippen molar-refractivity contribution in [2.75, 3.05) is 6.61 Å². The molecule has 0 spiro atoms. The maximum absolute atomic E-state index is 13.8. The van der Waals surface area contributed by atoms with Crippen molar-refractivity contribution >= 4 is 17.9 Å². The Labute approximate surface area is 210 Å². The smallest absolute Gasteiger partial charge is 0.408 e. The van der Waals surface area contributed by atoms with Crippen molar-refractivity contribution in [2.24, 2.45) is 0 Å². The lowest BCUT2D eigenvalue weighted by Gasteiger charge is -2.38. The number of hydrogen-bond donors (Lipinski definition) is 3. The quantitative estimate of drug-likeness (QED) is 0.431. The maximum atomic E-state index is 13.8. The van der Waals surface area contributed by atoms with Crippen LogP contribution in [-0.4, -0.2) is 58.2 Å². The molecule has 0 aromatic heterocycles. The van der Waals surface area contributed by atoms with Gasteiger partial charge in [-0.3, -0.25) is 9.59 Å². The van der Waals surface area contributed by atoms with Gasteiger partial charge in [-0.1, -0.05) is 49.6 Å². The number of aliphatic hydroxyl groups excluding tert-OH is 1. The highest BCUT2D eigenvalue weighted by Gasteiger charge is 2.38. The van der Waals surface area contributed by atoms with Crippen LogP contribution < -0.4 is 10.6 Å². The molecule has 198 valence electrons. The van der Waals surface area contributed by atoms with Crippen molar-refractivity contribution in [3.63, 3.8) is 0 Å². The summed E-state index contributed by atoms with van der Waals surface area (Å²) >= 11 is 0. The Hall–Kier alpha value is -2.61. The molecule has 4 unspecified atom stereocenters. The first-order chi connectivity index (χ1) is 16.2. The lowest BCUT2D eigenvalue weighted by atomic mass is 9.96. The minimum Gasteiger partial charge on any atom is -0.444 e. The van der Waals surface area contributed by atoms with Crippen molar-refractivity contribution in [1.82, 2.24) is 15.5 Å². The van der Waals surface area contributed by atoms with E-state index >= 15 is 0 Å². The number of carbonyl (C=O) groups excluding carboxylic acids is 3. The highest BCUT2D eigenvalue weighted by Crippen LogP contribution is 2.28. The van der Waals surface area contributed by atoms with E-state index in [1.165, 1.54) is 4.90 Å². The second-order valence-electron chi connectivity index (χ2n) is 10.4. The zero-order chi connectivity index (χ0) is 26.9. The Bertz CT molecular complexity index is 845. The summed E-state index contributed by atoms with van der Waals surface area (Å²) in [5.74, 6) is -0.839. The Morgan fingerprint density at radius 1 is 1.03 bits per heavy atom. The van der Waals surface area contributed by atoms with Crippen LogP contribution in [0.4, 0.5) is 4.79 Å². The largest absolute Gasteiger partial charge is 0.444 e. The summed E-state index contributed by atoms with van der Waals surface area (Å²) in [6.07, 6.45) is 1.49. The van der Waals surface area contributed by atoms with Crippen LogP contribution in [0.5, 0.6) is 0 Å². The van der Waals surface area contributed by atoms with Crippen LogP contribution >= 0.6 is 0 Å². The van der Waals surface area contributed by atoms with Crippen molar-refractivity contribution in [2.45, 2.75) is 111 Å². The molecule has 0 aliphatic carbocycles. The van der Waals surface area contributed by atoms with Gasteiger partial charge in [-0.2, -0.15) is 0 Å². The number of amides is 3. The first-order valence-electron chi connectivity index (χ1n) is 12.5. The minimum atomic E-state index is -1.26. The Kier molecular flexibility index (Phi) is 11.7. The molecule has 0 aliphatic rings. The van der Waals surface area contributed by atoms with Crippen LogP contribution in [0, 0.1) is 13.8 Å². The summed E-state index contributed by atoms with van der Waals surface area (Å²) in [5, 5.41) is 15.6. The summed E-state index contributed by atoms with van der Waals surface area (Å²) in [5.41, 5.74) is 1.87. The molecule has 0 fully saturated rings. The molecule has 8 nitrogen and oxygen atoms in total. The van der Waals surface area contributed by atoms with E-state index < -0.39 is 36.3 Å². The van der Waals surface area contributed by atoms with Crippen LogP contribution in [0.25, 0.3) is 0 Å². The molecule has 1 rings (SSSR count). The summed E-state index contributed by atoms with van der Waals surface area (Å²) < 4.78 is 5.28. The Morgan fingerprint density at radius 3 is 2.06 bits per heavy atom. The first kappa shape index (κ1) is 30.4. The molecule has 3 amide bonds. The van der Waals surface area contributed by atoms with E-state index in [2.05, 4.69) is 10.6 Å². The fourth-order valence-electron chi connectivity index (χ4n) is 4.04. The van der Waals surface area contributed by atoms with Gasteiger partial charge in [-0.15, -0.1) is 0 Å². The third-order valence-corrected chi connectivity index (χ3v) is 5.69.